The number of para-hydroxylation sites is 2. The number of halogens is 1. The third-order valence-corrected chi connectivity index (χ3v) is 4.30. The number of rotatable bonds is 9. The Morgan fingerprint density at radius 2 is 1.90 bits per heavy atom. The number of ether oxygens (including phenoxy) is 3. The number of hydrogen-bond donors (Lipinski definition) is 2. The molecule has 0 spiro atoms. The number of hydrogen-bond acceptors (Lipinski definition) is 5. The molecule has 0 unspecified atom stereocenters. The number of carbonyl (C=O) groups is 1. The summed E-state index contributed by atoms with van der Waals surface area (Å²) < 4.78 is 17.5. The summed E-state index contributed by atoms with van der Waals surface area (Å²) in [4.78, 5) is 12.7. The highest BCUT2D eigenvalue weighted by Crippen LogP contribution is 2.25. The van der Waals surface area contributed by atoms with Crippen LogP contribution in [0.15, 0.2) is 46.9 Å². The fourth-order valence-corrected chi connectivity index (χ4v) is 2.97. The van der Waals surface area contributed by atoms with Gasteiger partial charge < -0.3 is 19.5 Å². The van der Waals surface area contributed by atoms with Crippen LogP contribution in [0.1, 0.15) is 31.1 Å². The third kappa shape index (κ3) is 7.64. The molecule has 6 nitrogen and oxygen atoms in total. The van der Waals surface area contributed by atoms with Crippen molar-refractivity contribution in [1.82, 2.24) is 5.32 Å². The van der Waals surface area contributed by atoms with E-state index in [0.717, 1.165) is 4.47 Å². The van der Waals surface area contributed by atoms with Crippen molar-refractivity contribution in [3.8, 4) is 11.5 Å². The molecule has 0 fully saturated rings. The van der Waals surface area contributed by atoms with Gasteiger partial charge >= 0.3 is 0 Å². The van der Waals surface area contributed by atoms with Crippen molar-refractivity contribution >= 4 is 44.9 Å². The van der Waals surface area contributed by atoms with Gasteiger partial charge in [-0.2, -0.15) is 0 Å². The molecule has 2 aromatic carbocycles. The zero-order chi connectivity index (χ0) is 21.2. The lowest BCUT2D eigenvalue weighted by molar-refractivity contribution is 0.0972. The number of nitrogens with one attached hydrogen (secondary N) is 2. The van der Waals surface area contributed by atoms with Gasteiger partial charge in [0.25, 0.3) is 5.91 Å². The maximum absolute atomic E-state index is 12.7. The fourth-order valence-electron chi connectivity index (χ4n) is 2.41. The molecule has 0 aliphatic carbocycles. The zero-order valence-electron chi connectivity index (χ0n) is 16.7. The van der Waals surface area contributed by atoms with E-state index >= 15 is 0 Å². The smallest absolute Gasteiger partial charge is 0.261 e. The minimum Gasteiger partial charge on any atom is -0.490 e. The van der Waals surface area contributed by atoms with Crippen LogP contribution in [0.5, 0.6) is 11.5 Å². The van der Waals surface area contributed by atoms with E-state index in [0.29, 0.717) is 42.6 Å². The zero-order valence-corrected chi connectivity index (χ0v) is 19.1. The van der Waals surface area contributed by atoms with E-state index in [1.807, 2.05) is 51.1 Å². The lowest BCUT2D eigenvalue weighted by Gasteiger charge is -2.16. The van der Waals surface area contributed by atoms with Gasteiger partial charge in [0, 0.05) is 11.1 Å². The predicted molar refractivity (Wildman–Crippen MR) is 122 cm³/mol. The van der Waals surface area contributed by atoms with Crippen LogP contribution in [0.2, 0.25) is 0 Å². The standard InChI is InChI=1S/C21H25BrN2O4S/c1-4-26-11-12-27-19-8-6-5-7-17(19)23-21(29)24-20(25)16-13-15(22)9-10-18(16)28-14(2)3/h5-10,13-14H,4,11-12H2,1-3H3,(H2,23,24,25,29). The molecule has 8 heteroatoms. The molecule has 0 saturated carbocycles. The second kappa shape index (κ2) is 11.7. The molecule has 0 aliphatic heterocycles. The molecule has 0 heterocycles. The van der Waals surface area contributed by atoms with Crippen LogP contribution in [0.4, 0.5) is 5.69 Å². The summed E-state index contributed by atoms with van der Waals surface area (Å²) in [6.07, 6.45) is -0.0616. The Hall–Kier alpha value is -2.16. The minimum atomic E-state index is -0.366. The van der Waals surface area contributed by atoms with Gasteiger partial charge in [0.2, 0.25) is 0 Å². The summed E-state index contributed by atoms with van der Waals surface area (Å²) >= 11 is 8.70. The van der Waals surface area contributed by atoms with E-state index in [2.05, 4.69) is 26.6 Å². The Kier molecular flexibility index (Phi) is 9.37. The second-order valence-electron chi connectivity index (χ2n) is 6.26. The van der Waals surface area contributed by atoms with Crippen LogP contribution in [-0.4, -0.2) is 36.9 Å². The molecule has 1 amide bonds. The summed E-state index contributed by atoms with van der Waals surface area (Å²) in [7, 11) is 0. The molecule has 0 atom stereocenters. The molecule has 2 aromatic rings. The number of anilines is 1. The van der Waals surface area contributed by atoms with Crippen molar-refractivity contribution in [3.63, 3.8) is 0 Å². The first-order valence-electron chi connectivity index (χ1n) is 9.28. The fraction of sp³-hybridized carbons (Fsp3) is 0.333. The normalized spacial score (nSPS) is 10.5. The van der Waals surface area contributed by atoms with Gasteiger partial charge in [0.1, 0.15) is 18.1 Å². The number of carbonyl (C=O) groups excluding carboxylic acids is 1. The molecular formula is C21H25BrN2O4S. The van der Waals surface area contributed by atoms with Crippen LogP contribution in [0, 0.1) is 0 Å². The molecule has 29 heavy (non-hydrogen) atoms. The van der Waals surface area contributed by atoms with Crippen molar-refractivity contribution < 1.29 is 19.0 Å². The SMILES string of the molecule is CCOCCOc1ccccc1NC(=S)NC(=O)c1cc(Br)ccc1OC(C)C. The highest BCUT2D eigenvalue weighted by molar-refractivity contribution is 9.10. The number of thiocarbonyl (C=S) groups is 1. The monoisotopic (exact) mass is 480 g/mol. The van der Waals surface area contributed by atoms with Gasteiger partial charge in [-0.05, 0) is 63.3 Å². The molecule has 2 rings (SSSR count). The van der Waals surface area contributed by atoms with Crippen LogP contribution in [0.25, 0.3) is 0 Å². The van der Waals surface area contributed by atoms with Crippen molar-refractivity contribution in [2.24, 2.45) is 0 Å². The minimum absolute atomic E-state index is 0.0616. The molecule has 0 radical (unpaired) electrons. The summed E-state index contributed by atoms with van der Waals surface area (Å²) in [5, 5.41) is 5.86. The first-order chi connectivity index (χ1) is 13.9. The van der Waals surface area contributed by atoms with Crippen LogP contribution >= 0.6 is 28.1 Å². The third-order valence-electron chi connectivity index (χ3n) is 3.60. The van der Waals surface area contributed by atoms with Crippen LogP contribution in [-0.2, 0) is 4.74 Å². The Morgan fingerprint density at radius 1 is 1.14 bits per heavy atom. The Morgan fingerprint density at radius 3 is 2.62 bits per heavy atom. The highest BCUT2D eigenvalue weighted by Gasteiger charge is 2.16. The Bertz CT molecular complexity index is 845. The van der Waals surface area contributed by atoms with E-state index in [1.54, 1.807) is 12.1 Å². The van der Waals surface area contributed by atoms with E-state index in [-0.39, 0.29) is 17.1 Å². The second-order valence-corrected chi connectivity index (χ2v) is 7.58. The molecule has 0 aromatic heterocycles. The topological polar surface area (TPSA) is 68.8 Å². The molecule has 0 saturated heterocycles. The largest absolute Gasteiger partial charge is 0.490 e. The summed E-state index contributed by atoms with van der Waals surface area (Å²) in [5.74, 6) is 0.743. The van der Waals surface area contributed by atoms with Crippen molar-refractivity contribution in [1.29, 1.82) is 0 Å². The van der Waals surface area contributed by atoms with Gasteiger partial charge in [0.05, 0.1) is 24.0 Å². The van der Waals surface area contributed by atoms with Crippen molar-refractivity contribution in [2.75, 3.05) is 25.1 Å². The Balaban J connectivity index is 2.05. The predicted octanol–water partition coefficient (Wildman–Crippen LogP) is 4.78. The van der Waals surface area contributed by atoms with E-state index in [9.17, 15) is 4.79 Å². The van der Waals surface area contributed by atoms with Gasteiger partial charge in [-0.25, -0.2) is 0 Å². The average molecular weight is 481 g/mol. The molecule has 0 aliphatic rings. The summed E-state index contributed by atoms with van der Waals surface area (Å²) in [6.45, 7) is 7.28. The Labute approximate surface area is 185 Å². The van der Waals surface area contributed by atoms with Gasteiger partial charge in [-0.3, -0.25) is 10.1 Å². The van der Waals surface area contributed by atoms with Crippen molar-refractivity contribution in [2.45, 2.75) is 26.9 Å². The van der Waals surface area contributed by atoms with E-state index in [4.69, 9.17) is 26.4 Å². The first kappa shape index (κ1) is 23.1. The van der Waals surface area contributed by atoms with Crippen LogP contribution < -0.4 is 20.1 Å². The van der Waals surface area contributed by atoms with E-state index in [1.165, 1.54) is 0 Å². The number of benzene rings is 2. The quantitative estimate of drug-likeness (QED) is 0.397. The lowest BCUT2D eigenvalue weighted by atomic mass is 10.2. The molecular weight excluding hydrogens is 456 g/mol. The van der Waals surface area contributed by atoms with Gasteiger partial charge in [-0.15, -0.1) is 0 Å². The summed E-state index contributed by atoms with van der Waals surface area (Å²) in [6, 6.07) is 12.6. The molecule has 156 valence electrons. The number of amides is 1. The van der Waals surface area contributed by atoms with Gasteiger partial charge in [0.15, 0.2) is 5.11 Å². The van der Waals surface area contributed by atoms with Crippen LogP contribution in [0.3, 0.4) is 0 Å². The van der Waals surface area contributed by atoms with Crippen molar-refractivity contribution in [3.05, 3.63) is 52.5 Å². The maximum Gasteiger partial charge on any atom is 0.261 e. The van der Waals surface area contributed by atoms with E-state index < -0.39 is 0 Å². The molecule has 2 N–H and O–H groups in total. The van der Waals surface area contributed by atoms with Gasteiger partial charge in [-0.1, -0.05) is 28.1 Å². The first-order valence-corrected chi connectivity index (χ1v) is 10.5. The maximum atomic E-state index is 12.7. The molecule has 0 bridgehead atoms. The highest BCUT2D eigenvalue weighted by atomic mass is 79.9. The summed E-state index contributed by atoms with van der Waals surface area (Å²) in [5.41, 5.74) is 1.04. The lowest BCUT2D eigenvalue weighted by Crippen LogP contribution is -2.34. The average Bonchev–Trinajstić information content (AvgIpc) is 2.67.